The van der Waals surface area contributed by atoms with Gasteiger partial charge in [-0.15, -0.1) is 0 Å². The lowest BCUT2D eigenvalue weighted by Crippen LogP contribution is -2.40. The molecule has 0 heterocycles. The summed E-state index contributed by atoms with van der Waals surface area (Å²) in [6, 6.07) is 4.09. The predicted octanol–water partition coefficient (Wildman–Crippen LogP) is 2.82. The van der Waals surface area contributed by atoms with E-state index in [1.54, 1.807) is 14.2 Å². The van der Waals surface area contributed by atoms with Gasteiger partial charge in [0.15, 0.2) is 17.5 Å². The fourth-order valence-corrected chi connectivity index (χ4v) is 2.10. The summed E-state index contributed by atoms with van der Waals surface area (Å²) in [7, 11) is 3.34. The average Bonchev–Trinajstić information content (AvgIpc) is 2.45. The Kier molecular flexibility index (Phi) is 7.15. The van der Waals surface area contributed by atoms with E-state index >= 15 is 0 Å². The zero-order chi connectivity index (χ0) is 15.8. The van der Waals surface area contributed by atoms with Gasteiger partial charge in [-0.25, -0.2) is 0 Å². The van der Waals surface area contributed by atoms with Gasteiger partial charge in [-0.05, 0) is 38.5 Å². The maximum Gasteiger partial charge on any atom is 0.191 e. The maximum atomic E-state index is 6.25. The molecule has 0 spiro atoms. The first-order chi connectivity index (χ1) is 10.0. The van der Waals surface area contributed by atoms with Crippen molar-refractivity contribution in [2.24, 2.45) is 4.99 Å². The van der Waals surface area contributed by atoms with Crippen LogP contribution in [0.15, 0.2) is 17.1 Å². The summed E-state index contributed by atoms with van der Waals surface area (Å²) in [6.07, 6.45) is 0. The van der Waals surface area contributed by atoms with Gasteiger partial charge < -0.3 is 20.1 Å². The summed E-state index contributed by atoms with van der Waals surface area (Å²) < 4.78 is 10.8. The summed E-state index contributed by atoms with van der Waals surface area (Å²) in [5.74, 6) is 1.96. The molecule has 2 N–H and O–H groups in total. The van der Waals surface area contributed by atoms with E-state index in [9.17, 15) is 0 Å². The standard InChI is InChI=1S/C15H24ClN3O2/c1-6-21-14-12(16)7-11(8-13(14)20-5)9-18-15(17-4)19-10(2)3/h7-8,10H,6,9H2,1-5H3,(H2,17,18,19). The van der Waals surface area contributed by atoms with Crippen LogP contribution in [0, 0.1) is 0 Å². The third-order valence-electron chi connectivity index (χ3n) is 2.69. The second-order valence-electron chi connectivity index (χ2n) is 4.77. The number of guanidine groups is 1. The Morgan fingerprint density at radius 3 is 2.62 bits per heavy atom. The molecule has 0 aliphatic rings. The van der Waals surface area contributed by atoms with Gasteiger partial charge in [0.1, 0.15) is 0 Å². The molecular weight excluding hydrogens is 290 g/mol. The van der Waals surface area contributed by atoms with Gasteiger partial charge in [0.2, 0.25) is 0 Å². The Balaban J connectivity index is 2.82. The zero-order valence-electron chi connectivity index (χ0n) is 13.3. The number of benzene rings is 1. The highest BCUT2D eigenvalue weighted by molar-refractivity contribution is 6.32. The van der Waals surface area contributed by atoms with E-state index in [4.69, 9.17) is 21.1 Å². The van der Waals surface area contributed by atoms with Gasteiger partial charge in [-0.1, -0.05) is 11.6 Å². The van der Waals surface area contributed by atoms with Crippen molar-refractivity contribution in [3.63, 3.8) is 0 Å². The third kappa shape index (κ3) is 5.34. The topological polar surface area (TPSA) is 54.9 Å². The van der Waals surface area contributed by atoms with Crippen molar-refractivity contribution in [2.75, 3.05) is 20.8 Å². The summed E-state index contributed by atoms with van der Waals surface area (Å²) in [5.41, 5.74) is 0.993. The van der Waals surface area contributed by atoms with E-state index in [0.29, 0.717) is 35.7 Å². The van der Waals surface area contributed by atoms with E-state index in [-0.39, 0.29) is 0 Å². The molecule has 0 aliphatic carbocycles. The first-order valence-corrected chi connectivity index (χ1v) is 7.36. The Labute approximate surface area is 131 Å². The monoisotopic (exact) mass is 313 g/mol. The van der Waals surface area contributed by atoms with Gasteiger partial charge in [0.05, 0.1) is 18.7 Å². The summed E-state index contributed by atoms with van der Waals surface area (Å²) in [4.78, 5) is 4.16. The third-order valence-corrected chi connectivity index (χ3v) is 2.97. The normalized spacial score (nSPS) is 11.5. The highest BCUT2D eigenvalue weighted by Crippen LogP contribution is 2.36. The van der Waals surface area contributed by atoms with E-state index in [0.717, 1.165) is 11.5 Å². The first kappa shape index (κ1) is 17.4. The number of hydrogen-bond acceptors (Lipinski definition) is 3. The molecule has 0 amide bonds. The van der Waals surface area contributed by atoms with Gasteiger partial charge in [-0.2, -0.15) is 0 Å². The highest BCUT2D eigenvalue weighted by atomic mass is 35.5. The van der Waals surface area contributed by atoms with Crippen LogP contribution in [-0.4, -0.2) is 32.8 Å². The van der Waals surface area contributed by atoms with Crippen LogP contribution in [0.2, 0.25) is 5.02 Å². The largest absolute Gasteiger partial charge is 0.493 e. The van der Waals surface area contributed by atoms with Gasteiger partial charge in [0, 0.05) is 19.6 Å². The fraction of sp³-hybridized carbons (Fsp3) is 0.533. The van der Waals surface area contributed by atoms with Crippen LogP contribution >= 0.6 is 11.6 Å². The lowest BCUT2D eigenvalue weighted by atomic mass is 10.2. The summed E-state index contributed by atoms with van der Waals surface area (Å²) >= 11 is 6.25. The SMILES string of the molecule is CCOc1c(Cl)cc(CNC(=NC)NC(C)C)cc1OC. The second-order valence-corrected chi connectivity index (χ2v) is 5.17. The molecule has 5 nitrogen and oxygen atoms in total. The van der Waals surface area contributed by atoms with Crippen molar-refractivity contribution in [3.05, 3.63) is 22.7 Å². The van der Waals surface area contributed by atoms with E-state index in [1.807, 2.05) is 19.1 Å². The Bertz CT molecular complexity index is 490. The molecule has 0 aromatic heterocycles. The van der Waals surface area contributed by atoms with Crippen molar-refractivity contribution in [1.82, 2.24) is 10.6 Å². The van der Waals surface area contributed by atoms with Gasteiger partial charge in [0.25, 0.3) is 0 Å². The van der Waals surface area contributed by atoms with Crippen LogP contribution in [0.4, 0.5) is 0 Å². The van der Waals surface area contributed by atoms with Crippen LogP contribution in [-0.2, 0) is 6.54 Å². The quantitative estimate of drug-likeness (QED) is 0.626. The second kappa shape index (κ2) is 8.62. The molecule has 118 valence electrons. The Morgan fingerprint density at radius 2 is 2.10 bits per heavy atom. The van der Waals surface area contributed by atoms with E-state index < -0.39 is 0 Å². The molecule has 0 radical (unpaired) electrons. The summed E-state index contributed by atoms with van der Waals surface area (Å²) in [6.45, 7) is 7.16. The fourth-order valence-electron chi connectivity index (χ4n) is 1.81. The molecule has 0 unspecified atom stereocenters. The number of methoxy groups -OCH3 is 1. The molecule has 0 atom stereocenters. The minimum atomic E-state index is 0.314. The molecule has 6 heteroatoms. The maximum absolute atomic E-state index is 6.25. The zero-order valence-corrected chi connectivity index (χ0v) is 14.0. The molecule has 0 fully saturated rings. The van der Waals surface area contributed by atoms with Crippen molar-refractivity contribution in [3.8, 4) is 11.5 Å². The Hall–Kier alpha value is -1.62. The number of rotatable bonds is 6. The highest BCUT2D eigenvalue weighted by Gasteiger charge is 2.12. The number of halogens is 1. The van der Waals surface area contributed by atoms with Crippen LogP contribution in [0.5, 0.6) is 11.5 Å². The summed E-state index contributed by atoms with van der Waals surface area (Å²) in [5, 5.41) is 7.00. The molecule has 0 aliphatic heterocycles. The molecule has 1 aromatic rings. The van der Waals surface area contributed by atoms with Gasteiger partial charge in [-0.3, -0.25) is 4.99 Å². The molecule has 0 saturated carbocycles. The molecule has 1 aromatic carbocycles. The van der Waals surface area contributed by atoms with Crippen molar-refractivity contribution < 1.29 is 9.47 Å². The van der Waals surface area contributed by atoms with Crippen LogP contribution in [0.1, 0.15) is 26.3 Å². The number of nitrogens with zero attached hydrogens (tertiary/aromatic N) is 1. The number of aliphatic imine (C=N–C) groups is 1. The first-order valence-electron chi connectivity index (χ1n) is 6.98. The lowest BCUT2D eigenvalue weighted by Gasteiger charge is -2.16. The average molecular weight is 314 g/mol. The van der Waals surface area contributed by atoms with Crippen molar-refractivity contribution in [1.29, 1.82) is 0 Å². The smallest absolute Gasteiger partial charge is 0.191 e. The number of ether oxygens (including phenoxy) is 2. The van der Waals surface area contributed by atoms with Crippen molar-refractivity contribution in [2.45, 2.75) is 33.4 Å². The number of nitrogens with one attached hydrogen (secondary N) is 2. The van der Waals surface area contributed by atoms with Crippen molar-refractivity contribution >= 4 is 17.6 Å². The van der Waals surface area contributed by atoms with E-state index in [2.05, 4.69) is 29.5 Å². The van der Waals surface area contributed by atoms with Crippen LogP contribution < -0.4 is 20.1 Å². The van der Waals surface area contributed by atoms with Crippen LogP contribution in [0.25, 0.3) is 0 Å². The molecule has 1 rings (SSSR count). The van der Waals surface area contributed by atoms with E-state index in [1.165, 1.54) is 0 Å². The van der Waals surface area contributed by atoms with Gasteiger partial charge >= 0.3 is 0 Å². The molecule has 0 bridgehead atoms. The molecule has 21 heavy (non-hydrogen) atoms. The minimum Gasteiger partial charge on any atom is -0.493 e. The number of hydrogen-bond donors (Lipinski definition) is 2. The Morgan fingerprint density at radius 1 is 1.38 bits per heavy atom. The molecular formula is C15H24ClN3O2. The van der Waals surface area contributed by atoms with Crippen LogP contribution in [0.3, 0.4) is 0 Å². The minimum absolute atomic E-state index is 0.314. The predicted molar refractivity (Wildman–Crippen MR) is 87.6 cm³/mol. The lowest BCUT2D eigenvalue weighted by molar-refractivity contribution is 0.311. The molecule has 0 saturated heterocycles.